The van der Waals surface area contributed by atoms with E-state index in [1.54, 1.807) is 42.3 Å². The van der Waals surface area contributed by atoms with Crippen molar-refractivity contribution in [1.29, 1.82) is 0 Å². The Morgan fingerprint density at radius 3 is 2.46 bits per heavy atom. The Balaban J connectivity index is 1.29. The van der Waals surface area contributed by atoms with Crippen LogP contribution in [0.25, 0.3) is 22.5 Å². The van der Waals surface area contributed by atoms with Gasteiger partial charge in [-0.1, -0.05) is 44.0 Å². The molecule has 1 saturated carbocycles. The van der Waals surface area contributed by atoms with Gasteiger partial charge in [0.05, 0.1) is 11.4 Å². The smallest absolute Gasteiger partial charge is 0.339 e. The summed E-state index contributed by atoms with van der Waals surface area (Å²) < 4.78 is 8.95. The van der Waals surface area contributed by atoms with Gasteiger partial charge in [0.25, 0.3) is 0 Å². The van der Waals surface area contributed by atoms with Gasteiger partial charge in [0.15, 0.2) is 11.5 Å². The van der Waals surface area contributed by atoms with E-state index in [-0.39, 0.29) is 17.4 Å². The van der Waals surface area contributed by atoms with E-state index in [0.29, 0.717) is 39.7 Å². The van der Waals surface area contributed by atoms with Crippen LogP contribution in [0.2, 0.25) is 0 Å². The molecular formula is C37H40N6O3. The zero-order valence-electron chi connectivity index (χ0n) is 26.6. The third kappa shape index (κ3) is 6.59. The predicted molar refractivity (Wildman–Crippen MR) is 183 cm³/mol. The Morgan fingerprint density at radius 2 is 1.74 bits per heavy atom. The van der Waals surface area contributed by atoms with Crippen LogP contribution in [0.1, 0.15) is 51.0 Å². The molecule has 1 unspecified atom stereocenters. The Kier molecular flexibility index (Phi) is 9.01. The van der Waals surface area contributed by atoms with Gasteiger partial charge >= 0.3 is 5.69 Å². The summed E-state index contributed by atoms with van der Waals surface area (Å²) >= 11 is 0. The molecule has 1 amide bonds. The number of para-hydroxylation sites is 1. The van der Waals surface area contributed by atoms with Gasteiger partial charge in [0, 0.05) is 12.7 Å². The molecule has 9 heteroatoms. The second kappa shape index (κ2) is 13.4. The molecule has 1 atom stereocenters. The normalized spacial score (nSPS) is 13.7. The van der Waals surface area contributed by atoms with Crippen LogP contribution in [0, 0.1) is 18.8 Å². The first-order chi connectivity index (χ1) is 22.3. The molecule has 236 valence electrons. The van der Waals surface area contributed by atoms with Crippen molar-refractivity contribution >= 4 is 28.6 Å². The summed E-state index contributed by atoms with van der Waals surface area (Å²) in [7, 11) is 1.75. The van der Waals surface area contributed by atoms with Gasteiger partial charge in [-0.15, -0.1) is 0 Å². The van der Waals surface area contributed by atoms with Crippen molar-refractivity contribution in [2.24, 2.45) is 11.8 Å². The monoisotopic (exact) mass is 616 g/mol. The highest BCUT2D eigenvalue weighted by atomic mass is 16.5. The lowest BCUT2D eigenvalue weighted by atomic mass is 9.93. The van der Waals surface area contributed by atoms with Crippen LogP contribution in [0.4, 0.5) is 11.5 Å². The average Bonchev–Trinajstić information content (AvgIpc) is 3.85. The highest BCUT2D eigenvalue weighted by Crippen LogP contribution is 2.41. The molecule has 2 heterocycles. The Bertz CT molecular complexity index is 1920. The number of imidazole rings is 1. The number of anilines is 2. The number of aromatic nitrogens is 4. The van der Waals surface area contributed by atoms with E-state index >= 15 is 0 Å². The van der Waals surface area contributed by atoms with Gasteiger partial charge in [0.2, 0.25) is 5.91 Å². The van der Waals surface area contributed by atoms with Crippen molar-refractivity contribution in [1.82, 2.24) is 19.1 Å². The van der Waals surface area contributed by atoms with Gasteiger partial charge in [-0.3, -0.25) is 9.36 Å². The molecule has 1 fully saturated rings. The fraction of sp³-hybridized carbons (Fsp3) is 0.297. The van der Waals surface area contributed by atoms with Crippen LogP contribution in [0.5, 0.6) is 11.5 Å². The minimum atomic E-state index is -0.360. The lowest BCUT2D eigenvalue weighted by molar-refractivity contribution is -0.113. The molecular weight excluding hydrogens is 576 g/mol. The summed E-state index contributed by atoms with van der Waals surface area (Å²) in [6, 6.07) is 22.3. The number of hydrogen-bond acceptors (Lipinski definition) is 6. The average molecular weight is 617 g/mol. The summed E-state index contributed by atoms with van der Waals surface area (Å²) in [5, 5.41) is 0. The van der Waals surface area contributed by atoms with E-state index in [9.17, 15) is 9.59 Å². The highest BCUT2D eigenvalue weighted by molar-refractivity contribution is 6.01. The largest absolute Gasteiger partial charge is 0.457 e. The van der Waals surface area contributed by atoms with Gasteiger partial charge in [-0.2, -0.15) is 0 Å². The number of ether oxygens (including phenoxy) is 1. The lowest BCUT2D eigenvalue weighted by Gasteiger charge is -2.18. The molecule has 0 spiro atoms. The van der Waals surface area contributed by atoms with E-state index in [0.717, 1.165) is 30.2 Å². The number of nitrogens with two attached hydrogens (primary N) is 1. The number of benzene rings is 3. The van der Waals surface area contributed by atoms with Gasteiger partial charge in [-0.25, -0.2) is 19.3 Å². The fourth-order valence-electron chi connectivity index (χ4n) is 6.16. The van der Waals surface area contributed by atoms with Crippen LogP contribution in [-0.2, 0) is 4.79 Å². The summed E-state index contributed by atoms with van der Waals surface area (Å²) in [6.07, 6.45) is 12.2. The lowest BCUT2D eigenvalue weighted by Crippen LogP contribution is -2.25. The van der Waals surface area contributed by atoms with E-state index in [2.05, 4.69) is 16.9 Å². The third-order valence-corrected chi connectivity index (χ3v) is 8.66. The van der Waals surface area contributed by atoms with Crippen molar-refractivity contribution in [2.75, 3.05) is 17.7 Å². The van der Waals surface area contributed by atoms with Gasteiger partial charge in [0.1, 0.15) is 23.3 Å². The number of amides is 1. The topological polar surface area (TPSA) is 108 Å². The van der Waals surface area contributed by atoms with Crippen LogP contribution in [0.15, 0.2) is 96.1 Å². The molecule has 9 nitrogen and oxygen atoms in total. The maximum atomic E-state index is 14.2. The zero-order valence-corrected chi connectivity index (χ0v) is 26.6. The quantitative estimate of drug-likeness (QED) is 0.147. The van der Waals surface area contributed by atoms with Crippen LogP contribution >= 0.6 is 0 Å². The molecule has 3 aromatic carbocycles. The number of hydrogen-bond donors (Lipinski definition) is 1. The third-order valence-electron chi connectivity index (χ3n) is 8.66. The van der Waals surface area contributed by atoms with Crippen LogP contribution in [0.3, 0.4) is 0 Å². The van der Waals surface area contributed by atoms with Crippen molar-refractivity contribution < 1.29 is 9.53 Å². The number of carbonyl (C=O) groups is 1. The second-order valence-electron chi connectivity index (χ2n) is 12.1. The van der Waals surface area contributed by atoms with Crippen molar-refractivity contribution in [2.45, 2.75) is 52.4 Å². The van der Waals surface area contributed by atoms with Crippen LogP contribution < -0.4 is 21.1 Å². The van der Waals surface area contributed by atoms with Crippen molar-refractivity contribution in [3.05, 3.63) is 107 Å². The molecule has 1 aliphatic rings. The summed E-state index contributed by atoms with van der Waals surface area (Å²) in [4.78, 5) is 37.6. The number of carbonyl (C=O) groups excluding carboxylic acids is 1. The van der Waals surface area contributed by atoms with E-state index in [1.807, 2.05) is 61.5 Å². The summed E-state index contributed by atoms with van der Waals surface area (Å²) in [6.45, 7) is 4.18. The van der Waals surface area contributed by atoms with Crippen molar-refractivity contribution in [3.63, 3.8) is 0 Å². The first kappa shape index (κ1) is 30.8. The van der Waals surface area contributed by atoms with Crippen molar-refractivity contribution in [3.8, 4) is 22.9 Å². The number of nitrogens with zero attached hydrogens (tertiary/aromatic N) is 5. The molecule has 0 aliphatic heterocycles. The second-order valence-corrected chi connectivity index (χ2v) is 12.1. The minimum absolute atomic E-state index is 0.117. The van der Waals surface area contributed by atoms with E-state index < -0.39 is 0 Å². The Hall–Kier alpha value is -5.18. The number of likely N-dealkylation sites (N-methyl/N-ethyl adjacent to an activating group) is 1. The minimum Gasteiger partial charge on any atom is -0.457 e. The maximum absolute atomic E-state index is 14.2. The molecule has 2 N–H and O–H groups in total. The molecule has 0 radical (unpaired) electrons. The predicted octanol–water partition coefficient (Wildman–Crippen LogP) is 7.38. The van der Waals surface area contributed by atoms with E-state index in [4.69, 9.17) is 10.5 Å². The Morgan fingerprint density at radius 1 is 1.00 bits per heavy atom. The maximum Gasteiger partial charge on any atom is 0.339 e. The zero-order chi connectivity index (χ0) is 32.2. The molecule has 0 saturated heterocycles. The molecule has 6 rings (SSSR count). The number of allylic oxidation sites excluding steroid dienone is 1. The Labute approximate surface area is 269 Å². The molecule has 5 aromatic rings. The highest BCUT2D eigenvalue weighted by Gasteiger charge is 2.29. The van der Waals surface area contributed by atoms with E-state index in [1.165, 1.54) is 41.1 Å². The number of rotatable bonds is 12. The summed E-state index contributed by atoms with van der Waals surface area (Å²) in [5.74, 6) is 3.05. The molecule has 46 heavy (non-hydrogen) atoms. The van der Waals surface area contributed by atoms with Gasteiger partial charge in [-0.05, 0) is 111 Å². The SMILES string of the molecule is CCCC(CC/C=C/C(=O)N(C)c1cc(C)cc(-n2c(=O)n(-c3ccc(Oc4ccccc4)cc3)c3c(N)ncnc32)c1)C1CC1. The molecule has 0 bridgehead atoms. The van der Waals surface area contributed by atoms with Gasteiger partial charge < -0.3 is 15.4 Å². The molecule has 2 aromatic heterocycles. The molecule has 1 aliphatic carbocycles. The summed E-state index contributed by atoms with van der Waals surface area (Å²) in [5.41, 5.74) is 9.46. The fourth-order valence-corrected chi connectivity index (χ4v) is 6.16. The number of aryl methyl sites for hydroxylation is 1. The first-order valence-corrected chi connectivity index (χ1v) is 16.0. The number of fused-ring (bicyclic) bond motifs is 1. The first-order valence-electron chi connectivity index (χ1n) is 16.0. The van der Waals surface area contributed by atoms with Crippen LogP contribution in [-0.4, -0.2) is 32.1 Å². The standard InChI is InChI=1S/C37H40N6O3/c1-4-10-26(27-15-16-27)11-8-9-14-33(44)41(3)29-21-25(2)22-30(23-29)43-36-34(35(38)39-24-40-36)42(37(43)45)28-17-19-32(20-18-28)46-31-12-6-5-7-13-31/h5-7,9,12-14,17-24,26-27H,4,8,10-11,15-16H2,1-3H3,(H2,38,39,40)/b14-9+. The number of nitrogen functional groups attached to an aromatic ring is 1.